The molecule has 0 N–H and O–H groups in total. The molecule has 1 heterocycles. The van der Waals surface area contributed by atoms with Gasteiger partial charge in [0.05, 0.1) is 7.11 Å². The van der Waals surface area contributed by atoms with Gasteiger partial charge in [-0.2, -0.15) is 0 Å². The standard InChI is InChI=1S/C18H26N2O4/c1-4-13-24-14(2)17(21)19-9-11-20(12-10-19)18(22)15-5-7-16(23-3)8-6-15/h5-8,14H,4,9-13H2,1-3H3/t14-/m0/s1. The van der Waals surface area contributed by atoms with Crippen molar-refractivity contribution in [2.75, 3.05) is 39.9 Å². The lowest BCUT2D eigenvalue weighted by atomic mass is 10.1. The van der Waals surface area contributed by atoms with Crippen molar-refractivity contribution in [3.05, 3.63) is 29.8 Å². The van der Waals surface area contributed by atoms with Crippen LogP contribution in [0.4, 0.5) is 0 Å². The predicted octanol–water partition coefficient (Wildman–Crippen LogP) is 1.79. The van der Waals surface area contributed by atoms with Crippen LogP contribution in [0.25, 0.3) is 0 Å². The molecule has 0 unspecified atom stereocenters. The highest BCUT2D eigenvalue weighted by Gasteiger charge is 2.27. The Labute approximate surface area is 143 Å². The van der Waals surface area contributed by atoms with Crippen molar-refractivity contribution < 1.29 is 19.1 Å². The summed E-state index contributed by atoms with van der Waals surface area (Å²) in [6, 6.07) is 7.08. The van der Waals surface area contributed by atoms with E-state index in [1.54, 1.807) is 48.1 Å². The SMILES string of the molecule is CCCO[C@@H](C)C(=O)N1CCN(C(=O)c2ccc(OC)cc2)CC1. The smallest absolute Gasteiger partial charge is 0.253 e. The second-order valence-corrected chi connectivity index (χ2v) is 5.86. The summed E-state index contributed by atoms with van der Waals surface area (Å²) in [6.07, 6.45) is 0.468. The molecule has 0 saturated carbocycles. The van der Waals surface area contributed by atoms with Crippen molar-refractivity contribution in [2.24, 2.45) is 0 Å². The fourth-order valence-corrected chi connectivity index (χ4v) is 2.67. The highest BCUT2D eigenvalue weighted by molar-refractivity contribution is 5.94. The number of ether oxygens (including phenoxy) is 2. The van der Waals surface area contributed by atoms with Gasteiger partial charge in [-0.25, -0.2) is 0 Å². The van der Waals surface area contributed by atoms with Crippen LogP contribution in [0.5, 0.6) is 5.75 Å². The number of amides is 2. The van der Waals surface area contributed by atoms with E-state index in [4.69, 9.17) is 9.47 Å². The van der Waals surface area contributed by atoms with Crippen LogP contribution in [0.1, 0.15) is 30.6 Å². The summed E-state index contributed by atoms with van der Waals surface area (Å²) < 4.78 is 10.6. The molecule has 1 aliphatic rings. The first kappa shape index (κ1) is 18.3. The summed E-state index contributed by atoms with van der Waals surface area (Å²) in [5, 5.41) is 0. The molecule has 0 spiro atoms. The zero-order valence-corrected chi connectivity index (χ0v) is 14.7. The van der Waals surface area contributed by atoms with E-state index >= 15 is 0 Å². The zero-order valence-electron chi connectivity index (χ0n) is 14.7. The number of hydrogen-bond donors (Lipinski definition) is 0. The van der Waals surface area contributed by atoms with Crippen LogP contribution in [-0.2, 0) is 9.53 Å². The van der Waals surface area contributed by atoms with Crippen LogP contribution >= 0.6 is 0 Å². The van der Waals surface area contributed by atoms with Crippen LogP contribution in [0.15, 0.2) is 24.3 Å². The molecule has 24 heavy (non-hydrogen) atoms. The van der Waals surface area contributed by atoms with Gasteiger partial charge >= 0.3 is 0 Å². The molecule has 2 amide bonds. The van der Waals surface area contributed by atoms with E-state index in [1.807, 2.05) is 6.92 Å². The first-order chi connectivity index (χ1) is 11.6. The summed E-state index contributed by atoms with van der Waals surface area (Å²) in [5.41, 5.74) is 0.634. The number of nitrogens with zero attached hydrogens (tertiary/aromatic N) is 2. The van der Waals surface area contributed by atoms with Gasteiger partial charge < -0.3 is 19.3 Å². The molecule has 1 aliphatic heterocycles. The van der Waals surface area contributed by atoms with Crippen molar-refractivity contribution >= 4 is 11.8 Å². The van der Waals surface area contributed by atoms with E-state index in [1.165, 1.54) is 0 Å². The van der Waals surface area contributed by atoms with Crippen LogP contribution < -0.4 is 4.74 Å². The molecule has 2 rings (SSSR count). The van der Waals surface area contributed by atoms with Crippen LogP contribution in [0.2, 0.25) is 0 Å². The third-order valence-corrected chi connectivity index (χ3v) is 4.14. The zero-order chi connectivity index (χ0) is 17.5. The summed E-state index contributed by atoms with van der Waals surface area (Å²) in [6.45, 7) is 6.55. The molecule has 0 aromatic heterocycles. The number of methoxy groups -OCH3 is 1. The van der Waals surface area contributed by atoms with Gasteiger partial charge in [0.15, 0.2) is 0 Å². The highest BCUT2D eigenvalue weighted by Crippen LogP contribution is 2.15. The van der Waals surface area contributed by atoms with E-state index in [9.17, 15) is 9.59 Å². The number of carbonyl (C=O) groups is 2. The Hall–Kier alpha value is -2.08. The van der Waals surface area contributed by atoms with Gasteiger partial charge in [-0.15, -0.1) is 0 Å². The van der Waals surface area contributed by atoms with Gasteiger partial charge in [-0.3, -0.25) is 9.59 Å². The van der Waals surface area contributed by atoms with Crippen molar-refractivity contribution in [2.45, 2.75) is 26.4 Å². The lowest BCUT2D eigenvalue weighted by molar-refractivity contribution is -0.144. The molecule has 0 aliphatic carbocycles. The van der Waals surface area contributed by atoms with E-state index in [0.29, 0.717) is 38.3 Å². The fourth-order valence-electron chi connectivity index (χ4n) is 2.67. The third kappa shape index (κ3) is 4.47. The number of carbonyl (C=O) groups excluding carboxylic acids is 2. The maximum Gasteiger partial charge on any atom is 0.253 e. The Kier molecular flexibility index (Phi) is 6.61. The summed E-state index contributed by atoms with van der Waals surface area (Å²) in [4.78, 5) is 28.4. The summed E-state index contributed by atoms with van der Waals surface area (Å²) >= 11 is 0. The topological polar surface area (TPSA) is 59.1 Å². The van der Waals surface area contributed by atoms with Gasteiger partial charge in [0.1, 0.15) is 11.9 Å². The maximum atomic E-state index is 12.5. The first-order valence-electron chi connectivity index (χ1n) is 8.40. The molecular weight excluding hydrogens is 308 g/mol. The third-order valence-electron chi connectivity index (χ3n) is 4.14. The van der Waals surface area contributed by atoms with Crippen LogP contribution in [0, 0.1) is 0 Å². The Morgan fingerprint density at radius 1 is 1.08 bits per heavy atom. The monoisotopic (exact) mass is 334 g/mol. The van der Waals surface area contributed by atoms with Crippen LogP contribution in [-0.4, -0.2) is 67.6 Å². The Morgan fingerprint density at radius 3 is 2.21 bits per heavy atom. The molecule has 1 aromatic rings. The molecule has 6 heteroatoms. The minimum atomic E-state index is -0.422. The predicted molar refractivity (Wildman–Crippen MR) is 91.2 cm³/mol. The number of rotatable bonds is 6. The molecular formula is C18H26N2O4. The fraction of sp³-hybridized carbons (Fsp3) is 0.556. The average molecular weight is 334 g/mol. The summed E-state index contributed by atoms with van der Waals surface area (Å²) in [5.74, 6) is 0.711. The van der Waals surface area contributed by atoms with Gasteiger partial charge in [-0.05, 0) is 37.6 Å². The quantitative estimate of drug-likeness (QED) is 0.796. The van der Waals surface area contributed by atoms with E-state index < -0.39 is 6.10 Å². The minimum Gasteiger partial charge on any atom is -0.497 e. The normalized spacial score (nSPS) is 16.0. The van der Waals surface area contributed by atoms with Crippen molar-refractivity contribution in [1.29, 1.82) is 0 Å². The average Bonchev–Trinajstić information content (AvgIpc) is 2.65. The molecule has 1 aromatic carbocycles. The molecule has 132 valence electrons. The van der Waals surface area contributed by atoms with Gasteiger partial charge in [0.2, 0.25) is 0 Å². The molecule has 1 fully saturated rings. The van der Waals surface area contributed by atoms with E-state index in [2.05, 4.69) is 0 Å². The molecule has 0 radical (unpaired) electrons. The molecule has 1 saturated heterocycles. The summed E-state index contributed by atoms with van der Waals surface area (Å²) in [7, 11) is 1.60. The Morgan fingerprint density at radius 2 is 1.67 bits per heavy atom. The highest BCUT2D eigenvalue weighted by atomic mass is 16.5. The molecule has 1 atom stereocenters. The maximum absolute atomic E-state index is 12.5. The largest absolute Gasteiger partial charge is 0.497 e. The van der Waals surface area contributed by atoms with Crippen molar-refractivity contribution in [3.63, 3.8) is 0 Å². The number of hydrogen-bond acceptors (Lipinski definition) is 4. The Balaban J connectivity index is 1.87. The number of piperazine rings is 1. The van der Waals surface area contributed by atoms with Gasteiger partial charge in [0, 0.05) is 38.3 Å². The lowest BCUT2D eigenvalue weighted by Gasteiger charge is -2.36. The molecule has 6 nitrogen and oxygen atoms in total. The number of benzene rings is 1. The van der Waals surface area contributed by atoms with E-state index in [0.717, 1.165) is 12.2 Å². The second-order valence-electron chi connectivity index (χ2n) is 5.86. The van der Waals surface area contributed by atoms with E-state index in [-0.39, 0.29) is 11.8 Å². The van der Waals surface area contributed by atoms with Crippen molar-refractivity contribution in [3.8, 4) is 5.75 Å². The van der Waals surface area contributed by atoms with Crippen molar-refractivity contribution in [1.82, 2.24) is 9.80 Å². The lowest BCUT2D eigenvalue weighted by Crippen LogP contribution is -2.52. The molecule has 0 bridgehead atoms. The Bertz CT molecular complexity index is 551. The second kappa shape index (κ2) is 8.68. The first-order valence-corrected chi connectivity index (χ1v) is 8.40. The van der Waals surface area contributed by atoms with Gasteiger partial charge in [-0.1, -0.05) is 6.92 Å². The van der Waals surface area contributed by atoms with Crippen LogP contribution in [0.3, 0.4) is 0 Å². The minimum absolute atomic E-state index is 0.00000328. The van der Waals surface area contributed by atoms with Gasteiger partial charge in [0.25, 0.3) is 11.8 Å².